The van der Waals surface area contributed by atoms with Gasteiger partial charge in [-0.1, -0.05) is 30.3 Å². The Bertz CT molecular complexity index is 586. The van der Waals surface area contributed by atoms with Crippen molar-refractivity contribution in [3.05, 3.63) is 35.9 Å². The lowest BCUT2D eigenvalue weighted by Crippen LogP contribution is -2.58. The van der Waals surface area contributed by atoms with Crippen LogP contribution in [-0.2, 0) is 11.2 Å². The molecule has 136 valence electrons. The van der Waals surface area contributed by atoms with Gasteiger partial charge in [-0.3, -0.25) is 9.69 Å². The quantitative estimate of drug-likeness (QED) is 0.840. The van der Waals surface area contributed by atoms with E-state index in [0.29, 0.717) is 11.9 Å². The van der Waals surface area contributed by atoms with Crippen molar-refractivity contribution in [2.75, 3.05) is 39.8 Å². The van der Waals surface area contributed by atoms with Gasteiger partial charge in [-0.2, -0.15) is 0 Å². The Morgan fingerprint density at radius 2 is 1.84 bits per heavy atom. The zero-order chi connectivity index (χ0) is 17.2. The number of benzene rings is 1. The first-order valence-corrected chi connectivity index (χ1v) is 9.97. The molecule has 1 saturated carbocycles. The molecule has 1 amide bonds. The van der Waals surface area contributed by atoms with Crippen LogP contribution in [0.2, 0.25) is 0 Å². The van der Waals surface area contributed by atoms with Crippen LogP contribution < -0.4 is 0 Å². The van der Waals surface area contributed by atoms with Crippen molar-refractivity contribution in [3.63, 3.8) is 0 Å². The van der Waals surface area contributed by atoms with Gasteiger partial charge in [0.25, 0.3) is 0 Å². The highest BCUT2D eigenvalue weighted by Gasteiger charge is 2.39. The van der Waals surface area contributed by atoms with E-state index >= 15 is 0 Å². The lowest BCUT2D eigenvalue weighted by atomic mass is 9.94. The van der Waals surface area contributed by atoms with Crippen molar-refractivity contribution in [1.82, 2.24) is 14.7 Å². The minimum absolute atomic E-state index is 0.199. The molecular formula is C21H31N3O. The van der Waals surface area contributed by atoms with Crippen LogP contribution in [0.1, 0.15) is 31.2 Å². The van der Waals surface area contributed by atoms with Gasteiger partial charge in [-0.15, -0.1) is 0 Å². The summed E-state index contributed by atoms with van der Waals surface area (Å²) >= 11 is 0. The molecule has 1 aromatic rings. The summed E-state index contributed by atoms with van der Waals surface area (Å²) in [6, 6.07) is 11.8. The van der Waals surface area contributed by atoms with E-state index in [9.17, 15) is 4.79 Å². The number of rotatable bonds is 4. The molecule has 2 atom stereocenters. The number of hydrogen-bond donors (Lipinski definition) is 0. The number of likely N-dealkylation sites (tertiary alicyclic amines) is 1. The Morgan fingerprint density at radius 3 is 2.56 bits per heavy atom. The van der Waals surface area contributed by atoms with Crippen molar-refractivity contribution in [2.24, 2.45) is 5.92 Å². The van der Waals surface area contributed by atoms with E-state index in [4.69, 9.17) is 0 Å². The normalized spacial score (nSPS) is 28.9. The van der Waals surface area contributed by atoms with Crippen LogP contribution in [0.4, 0.5) is 0 Å². The number of carbonyl (C=O) groups is 1. The molecular weight excluding hydrogens is 310 g/mol. The third-order valence-electron chi connectivity index (χ3n) is 6.15. The summed E-state index contributed by atoms with van der Waals surface area (Å²) in [5, 5.41) is 0. The van der Waals surface area contributed by atoms with E-state index in [2.05, 4.69) is 52.1 Å². The lowest BCUT2D eigenvalue weighted by molar-refractivity contribution is -0.142. The molecule has 2 heterocycles. The first-order valence-electron chi connectivity index (χ1n) is 9.97. The number of piperazine rings is 1. The number of piperidine rings is 1. The summed E-state index contributed by atoms with van der Waals surface area (Å²) in [7, 11) is 2.14. The summed E-state index contributed by atoms with van der Waals surface area (Å²) in [4.78, 5) is 20.5. The van der Waals surface area contributed by atoms with Crippen molar-refractivity contribution < 1.29 is 4.79 Å². The van der Waals surface area contributed by atoms with E-state index in [0.717, 1.165) is 58.0 Å². The van der Waals surface area contributed by atoms with Gasteiger partial charge >= 0.3 is 0 Å². The van der Waals surface area contributed by atoms with Crippen molar-refractivity contribution in [2.45, 2.75) is 44.2 Å². The van der Waals surface area contributed by atoms with E-state index in [1.54, 1.807) is 0 Å². The summed E-state index contributed by atoms with van der Waals surface area (Å²) in [6.07, 6.45) is 5.89. The zero-order valence-corrected chi connectivity index (χ0v) is 15.4. The molecule has 1 aliphatic carbocycles. The van der Waals surface area contributed by atoms with E-state index in [1.807, 2.05) is 0 Å². The summed E-state index contributed by atoms with van der Waals surface area (Å²) < 4.78 is 0. The average Bonchev–Trinajstić information content (AvgIpc) is 3.47. The molecule has 4 heteroatoms. The molecule has 0 spiro atoms. The molecule has 0 N–H and O–H groups in total. The lowest BCUT2D eigenvalue weighted by Gasteiger charge is -2.44. The van der Waals surface area contributed by atoms with Crippen LogP contribution in [0.25, 0.3) is 0 Å². The number of carbonyl (C=O) groups excluding carboxylic acids is 1. The zero-order valence-electron chi connectivity index (χ0n) is 15.4. The van der Waals surface area contributed by atoms with E-state index in [1.165, 1.54) is 18.4 Å². The van der Waals surface area contributed by atoms with Gasteiger partial charge in [0, 0.05) is 38.3 Å². The summed E-state index contributed by atoms with van der Waals surface area (Å²) in [5.74, 6) is 0.604. The third kappa shape index (κ3) is 4.06. The van der Waals surface area contributed by atoms with Gasteiger partial charge in [0.05, 0.1) is 5.92 Å². The van der Waals surface area contributed by atoms with Crippen LogP contribution in [0.3, 0.4) is 0 Å². The van der Waals surface area contributed by atoms with Crippen molar-refractivity contribution >= 4 is 5.91 Å². The maximum Gasteiger partial charge on any atom is 0.227 e. The van der Waals surface area contributed by atoms with Gasteiger partial charge in [0.15, 0.2) is 0 Å². The number of hydrogen-bond acceptors (Lipinski definition) is 3. The largest absolute Gasteiger partial charge is 0.337 e. The van der Waals surface area contributed by atoms with Crippen LogP contribution >= 0.6 is 0 Å². The monoisotopic (exact) mass is 341 g/mol. The van der Waals surface area contributed by atoms with Gasteiger partial charge in [-0.05, 0) is 51.3 Å². The Labute approximate surface area is 151 Å². The predicted octanol–water partition coefficient (Wildman–Crippen LogP) is 2.25. The van der Waals surface area contributed by atoms with Gasteiger partial charge < -0.3 is 9.80 Å². The molecule has 0 bridgehead atoms. The SMILES string of the molecule is CN1CCC[C@@H](C(=O)N2CCN(C3CC3)C[C@H]2Cc2ccccc2)C1. The Kier molecular flexibility index (Phi) is 5.09. The topological polar surface area (TPSA) is 26.8 Å². The standard InChI is InChI=1S/C21H31N3O/c1-22-11-5-8-18(15-22)21(25)24-13-12-23(19-9-10-19)16-20(24)14-17-6-3-2-4-7-17/h2-4,6-7,18-20H,5,8-16H2,1H3/t18-,20-/m1/s1. The fraction of sp³-hybridized carbons (Fsp3) is 0.667. The molecule has 0 radical (unpaired) electrons. The molecule has 2 saturated heterocycles. The second kappa shape index (κ2) is 7.46. The summed E-state index contributed by atoms with van der Waals surface area (Å²) in [5.41, 5.74) is 1.35. The fourth-order valence-electron chi connectivity index (χ4n) is 4.60. The van der Waals surface area contributed by atoms with Crippen molar-refractivity contribution in [3.8, 4) is 0 Å². The van der Waals surface area contributed by atoms with Crippen molar-refractivity contribution in [1.29, 1.82) is 0 Å². The highest BCUT2D eigenvalue weighted by Crippen LogP contribution is 2.30. The summed E-state index contributed by atoms with van der Waals surface area (Å²) in [6.45, 7) is 5.08. The maximum atomic E-state index is 13.3. The molecule has 4 nitrogen and oxygen atoms in total. The fourth-order valence-corrected chi connectivity index (χ4v) is 4.60. The Hall–Kier alpha value is -1.39. The van der Waals surface area contributed by atoms with Crippen LogP contribution in [0.15, 0.2) is 30.3 Å². The second-order valence-electron chi connectivity index (χ2n) is 8.20. The van der Waals surface area contributed by atoms with E-state index < -0.39 is 0 Å². The highest BCUT2D eigenvalue weighted by atomic mass is 16.2. The Balaban J connectivity index is 1.48. The molecule has 0 unspecified atom stereocenters. The smallest absolute Gasteiger partial charge is 0.227 e. The van der Waals surface area contributed by atoms with E-state index in [-0.39, 0.29) is 5.92 Å². The third-order valence-corrected chi connectivity index (χ3v) is 6.15. The molecule has 3 aliphatic rings. The van der Waals surface area contributed by atoms with Gasteiger partial charge in [0.1, 0.15) is 0 Å². The predicted molar refractivity (Wildman–Crippen MR) is 100 cm³/mol. The molecule has 2 aliphatic heterocycles. The molecule has 1 aromatic carbocycles. The molecule has 3 fully saturated rings. The van der Waals surface area contributed by atoms with Gasteiger partial charge in [-0.25, -0.2) is 0 Å². The number of amides is 1. The maximum absolute atomic E-state index is 13.3. The second-order valence-corrected chi connectivity index (χ2v) is 8.20. The average molecular weight is 341 g/mol. The first-order chi connectivity index (χ1) is 12.2. The van der Waals surface area contributed by atoms with Crippen LogP contribution in [0, 0.1) is 5.92 Å². The number of nitrogens with zero attached hydrogens (tertiary/aromatic N) is 3. The Morgan fingerprint density at radius 1 is 1.04 bits per heavy atom. The van der Waals surface area contributed by atoms with Crippen LogP contribution in [0.5, 0.6) is 0 Å². The molecule has 25 heavy (non-hydrogen) atoms. The molecule has 4 rings (SSSR count). The highest BCUT2D eigenvalue weighted by molar-refractivity contribution is 5.79. The molecule has 0 aromatic heterocycles. The minimum atomic E-state index is 0.199. The van der Waals surface area contributed by atoms with Crippen LogP contribution in [-0.4, -0.2) is 72.5 Å². The first kappa shape index (κ1) is 17.0. The van der Waals surface area contributed by atoms with Gasteiger partial charge in [0.2, 0.25) is 5.91 Å². The minimum Gasteiger partial charge on any atom is -0.337 e.